The zero-order valence-corrected chi connectivity index (χ0v) is 54.9. The van der Waals surface area contributed by atoms with E-state index in [0.717, 1.165) is 42.6 Å². The standard InChI is InChI=1S/C66H90F2N12O14S/c1-46-12-14-47(15-13-46)7-4-10-56(81)71-21-3-2-9-49(73-57(82)40-74-26-28-75(41-61(86)87)30-32-77(43-63(90)91)33-31-76(29-27-74)42-62(88)89)44-95-55-36-59(84)79(65(55)93)23-5-11-58(83)78-24-19-48(20-25-78)8-6-34-94-51-16-17-54-53(35-51)52(18-22-70-54)64(92)72-39-60(85)80-45-66(67,68)37-50(80)38-69/h12-18,22,35,48-50,55H,2-11,19-21,23-34,36-37,39-45H2,1H3,(H,71,81)(H,72,92)(H,73,82)(H,86,87)(H,88,89)(H,90,91)/t49?,50-,55?/m1/s1. The molecule has 1 aromatic heterocycles. The molecular formula is C66H90F2N12O14S. The van der Waals surface area contributed by atoms with E-state index in [1.807, 2.05) is 28.9 Å². The van der Waals surface area contributed by atoms with Gasteiger partial charge in [-0.25, -0.2) is 8.78 Å². The molecule has 7 rings (SSSR count). The first-order valence-corrected chi connectivity index (χ1v) is 33.8. The van der Waals surface area contributed by atoms with Gasteiger partial charge in [-0.2, -0.15) is 5.26 Å². The molecule has 0 saturated carbocycles. The highest BCUT2D eigenvalue weighted by Crippen LogP contribution is 2.32. The third kappa shape index (κ3) is 25.0. The van der Waals surface area contributed by atoms with Crippen LogP contribution in [-0.4, -0.2) is 267 Å². The number of benzene rings is 2. The Kier molecular flexibility index (Phi) is 29.3. The first-order chi connectivity index (χ1) is 45.5. The Morgan fingerprint density at radius 3 is 2.00 bits per heavy atom. The maximum Gasteiger partial charge on any atom is 0.317 e. The van der Waals surface area contributed by atoms with Crippen molar-refractivity contribution in [1.29, 1.82) is 5.26 Å². The fraction of sp³-hybridized carbons (Fsp3) is 0.606. The van der Waals surface area contributed by atoms with E-state index in [1.165, 1.54) is 34.5 Å². The van der Waals surface area contributed by atoms with Gasteiger partial charge in [-0.15, -0.1) is 11.8 Å². The fourth-order valence-corrected chi connectivity index (χ4v) is 13.5. The van der Waals surface area contributed by atoms with E-state index in [-0.39, 0.29) is 145 Å². The number of carbonyl (C=O) groups is 10. The molecule has 0 spiro atoms. The van der Waals surface area contributed by atoms with Crippen molar-refractivity contribution in [2.75, 3.05) is 130 Å². The average Bonchev–Trinajstić information content (AvgIpc) is 1.79. The number of alkyl halides is 2. The van der Waals surface area contributed by atoms with Gasteiger partial charge >= 0.3 is 17.9 Å². The fourth-order valence-electron chi connectivity index (χ4n) is 12.3. The number of rotatable bonds is 33. The smallest absolute Gasteiger partial charge is 0.317 e. The van der Waals surface area contributed by atoms with E-state index in [2.05, 4.69) is 33.1 Å². The molecule has 518 valence electrons. The van der Waals surface area contributed by atoms with Gasteiger partial charge < -0.3 is 45.8 Å². The minimum absolute atomic E-state index is 0.0420. The molecule has 4 saturated heterocycles. The van der Waals surface area contributed by atoms with Crippen LogP contribution in [0.5, 0.6) is 5.75 Å². The lowest BCUT2D eigenvalue weighted by Crippen LogP contribution is -2.50. The molecule has 2 unspecified atom stereocenters. The molecule has 4 aliphatic rings. The number of piperidine rings is 1. The summed E-state index contributed by atoms with van der Waals surface area (Å²) in [4.78, 5) is 144. The van der Waals surface area contributed by atoms with Crippen LogP contribution in [0.15, 0.2) is 54.7 Å². The number of amides is 7. The predicted molar refractivity (Wildman–Crippen MR) is 347 cm³/mol. The molecule has 3 aromatic rings. The van der Waals surface area contributed by atoms with Crippen molar-refractivity contribution in [1.82, 2.24) is 55.2 Å². The van der Waals surface area contributed by atoms with E-state index in [9.17, 15) is 77.3 Å². The molecule has 6 N–H and O–H groups in total. The molecule has 4 fully saturated rings. The Hall–Kier alpha value is -7.91. The number of imide groups is 1. The third-order valence-electron chi connectivity index (χ3n) is 17.6. The maximum atomic E-state index is 14.1. The van der Waals surface area contributed by atoms with E-state index >= 15 is 0 Å². The number of nitrogens with one attached hydrogen (secondary N) is 3. The summed E-state index contributed by atoms with van der Waals surface area (Å²) in [7, 11) is 0. The number of carbonyl (C=O) groups excluding carboxylic acids is 7. The molecule has 4 aliphatic heterocycles. The van der Waals surface area contributed by atoms with Crippen LogP contribution in [0, 0.1) is 24.2 Å². The molecule has 0 aliphatic carbocycles. The normalized spacial score (nSPS) is 19.2. The van der Waals surface area contributed by atoms with Crippen LogP contribution in [0.25, 0.3) is 10.9 Å². The van der Waals surface area contributed by atoms with Gasteiger partial charge in [-0.05, 0) is 107 Å². The SMILES string of the molecule is Cc1ccc(CCCC(=O)NCCCCC(CSC2CC(=O)N(CCCC(=O)N3CCC(CCCOc4ccc5nccc(C(=O)NCC(=O)N6CC(F)(F)C[C@@H]6C#N)c5c4)CC3)C2=O)NC(=O)CN2CCN(CC(=O)O)CCN(CC(=O)O)CCN(CC(=O)O)CC2)cc1. The summed E-state index contributed by atoms with van der Waals surface area (Å²) >= 11 is 1.27. The highest BCUT2D eigenvalue weighted by molar-refractivity contribution is 8.00. The van der Waals surface area contributed by atoms with Crippen LogP contribution < -0.4 is 20.7 Å². The van der Waals surface area contributed by atoms with Gasteiger partial charge in [0.15, 0.2) is 0 Å². The van der Waals surface area contributed by atoms with Crippen LogP contribution in [0.2, 0.25) is 0 Å². The zero-order valence-electron chi connectivity index (χ0n) is 54.1. The number of fused-ring (bicyclic) bond motifs is 1. The summed E-state index contributed by atoms with van der Waals surface area (Å²) in [5.41, 5.74) is 3.03. The van der Waals surface area contributed by atoms with Gasteiger partial charge in [0, 0.05) is 128 Å². The number of aromatic nitrogens is 1. The average molecular weight is 1350 g/mol. The van der Waals surface area contributed by atoms with Gasteiger partial charge in [-0.3, -0.25) is 77.4 Å². The molecule has 0 bridgehead atoms. The summed E-state index contributed by atoms with van der Waals surface area (Å²) in [6.07, 6.45) is 7.78. The van der Waals surface area contributed by atoms with Crippen LogP contribution in [0.1, 0.15) is 105 Å². The van der Waals surface area contributed by atoms with Gasteiger partial charge in [-0.1, -0.05) is 29.8 Å². The second-order valence-corrected chi connectivity index (χ2v) is 26.2. The van der Waals surface area contributed by atoms with E-state index < -0.39 is 72.5 Å². The molecular weight excluding hydrogens is 1250 g/mol. The number of hydrogen-bond donors (Lipinski definition) is 6. The lowest BCUT2D eigenvalue weighted by atomic mass is 9.92. The minimum atomic E-state index is -3.18. The first kappa shape index (κ1) is 74.5. The van der Waals surface area contributed by atoms with E-state index in [0.29, 0.717) is 80.9 Å². The number of carboxylic acid groups (broad SMARTS) is 3. The van der Waals surface area contributed by atoms with Crippen LogP contribution in [0.3, 0.4) is 0 Å². The third-order valence-corrected chi connectivity index (χ3v) is 19.0. The molecule has 5 heterocycles. The van der Waals surface area contributed by atoms with Crippen molar-refractivity contribution in [3.63, 3.8) is 0 Å². The number of thioether (sulfide) groups is 1. The number of unbranched alkanes of at least 4 members (excludes halogenated alkanes) is 1. The number of likely N-dealkylation sites (tertiary alicyclic amines) is 3. The van der Waals surface area contributed by atoms with Crippen molar-refractivity contribution < 1.29 is 76.8 Å². The number of ether oxygens (including phenoxy) is 1. The number of aliphatic carboxylic acids is 3. The largest absolute Gasteiger partial charge is 0.494 e. The number of nitriles is 1. The van der Waals surface area contributed by atoms with Crippen molar-refractivity contribution >= 4 is 81.9 Å². The number of pyridine rings is 1. The molecule has 29 heteroatoms. The lowest BCUT2D eigenvalue weighted by Gasteiger charge is -2.33. The van der Waals surface area contributed by atoms with Gasteiger partial charge in [0.1, 0.15) is 11.8 Å². The number of aryl methyl sites for hydroxylation is 2. The molecule has 7 amide bonds. The minimum Gasteiger partial charge on any atom is -0.494 e. The second-order valence-electron chi connectivity index (χ2n) is 25.0. The van der Waals surface area contributed by atoms with Gasteiger partial charge in [0.25, 0.3) is 11.8 Å². The lowest BCUT2D eigenvalue weighted by molar-refractivity contribution is -0.140. The van der Waals surface area contributed by atoms with Crippen LogP contribution >= 0.6 is 11.8 Å². The summed E-state index contributed by atoms with van der Waals surface area (Å²) in [6.45, 7) is 3.35. The monoisotopic (exact) mass is 1340 g/mol. The van der Waals surface area contributed by atoms with Crippen LogP contribution in [-0.2, 0) is 49.6 Å². The topological polar surface area (TPSA) is 336 Å². The van der Waals surface area contributed by atoms with Crippen molar-refractivity contribution in [3.8, 4) is 11.8 Å². The zero-order chi connectivity index (χ0) is 68.4. The van der Waals surface area contributed by atoms with Gasteiger partial charge in [0.05, 0.1) is 68.3 Å². The Morgan fingerprint density at radius 2 is 1.38 bits per heavy atom. The maximum absolute atomic E-state index is 14.1. The molecule has 3 atom stereocenters. The number of halogens is 2. The Morgan fingerprint density at radius 1 is 0.747 bits per heavy atom. The highest BCUT2D eigenvalue weighted by Gasteiger charge is 2.47. The summed E-state index contributed by atoms with van der Waals surface area (Å²) in [5, 5.41) is 46.6. The number of nitrogens with zero attached hydrogens (tertiary/aromatic N) is 9. The van der Waals surface area contributed by atoms with Crippen molar-refractivity contribution in [2.45, 2.75) is 120 Å². The van der Waals surface area contributed by atoms with Crippen LogP contribution in [0.4, 0.5) is 8.78 Å². The molecule has 26 nitrogen and oxygen atoms in total. The summed E-state index contributed by atoms with van der Waals surface area (Å²) in [6, 6.07) is 14.8. The number of carboxylic acids is 3. The van der Waals surface area contributed by atoms with Gasteiger partial charge in [0.2, 0.25) is 35.4 Å². The molecule has 95 heavy (non-hydrogen) atoms. The van der Waals surface area contributed by atoms with Crippen molar-refractivity contribution in [2.24, 2.45) is 5.92 Å². The molecule has 2 aromatic carbocycles. The van der Waals surface area contributed by atoms with E-state index in [4.69, 9.17) is 4.74 Å². The number of hydrogen-bond acceptors (Lipinski definition) is 18. The Balaban J connectivity index is 0.851. The second kappa shape index (κ2) is 37.4. The molecule has 0 radical (unpaired) electrons. The van der Waals surface area contributed by atoms with Crippen molar-refractivity contribution in [3.05, 3.63) is 71.4 Å². The highest BCUT2D eigenvalue weighted by atomic mass is 32.2. The van der Waals surface area contributed by atoms with E-state index in [1.54, 1.807) is 39.0 Å². The predicted octanol–water partition coefficient (Wildman–Crippen LogP) is 3.34. The first-order valence-electron chi connectivity index (χ1n) is 32.8. The summed E-state index contributed by atoms with van der Waals surface area (Å²) in [5.74, 6) is -7.86. The Bertz CT molecular complexity index is 3160. The summed E-state index contributed by atoms with van der Waals surface area (Å²) < 4.78 is 33.9. The quantitative estimate of drug-likeness (QED) is 0.0376. The Labute approximate surface area is 556 Å².